The molecular weight excluding hydrogens is 555 g/mol. The van der Waals surface area contributed by atoms with E-state index in [-0.39, 0.29) is 17.5 Å². The molecule has 1 heterocycles. The second kappa shape index (κ2) is 10.0. The van der Waals surface area contributed by atoms with Gasteiger partial charge < -0.3 is 14.8 Å². The highest BCUT2D eigenvalue weighted by Gasteiger charge is 2.27. The molecule has 3 aromatic carbocycles. The van der Waals surface area contributed by atoms with Crippen LogP contribution in [-0.2, 0) is 14.8 Å². The maximum Gasteiger partial charge on any atom is 0.264 e. The van der Waals surface area contributed by atoms with E-state index in [0.717, 1.165) is 13.4 Å². The zero-order valence-corrected chi connectivity index (χ0v) is 20.9. The Labute approximate surface area is 206 Å². The molecule has 1 atom stereocenters. The fourth-order valence-corrected chi connectivity index (χ4v) is 5.27. The first-order chi connectivity index (χ1) is 15.8. The van der Waals surface area contributed by atoms with Crippen LogP contribution in [0.2, 0.25) is 0 Å². The fraction of sp³-hybridized carbons (Fsp3) is 0.208. The van der Waals surface area contributed by atoms with E-state index in [1.807, 2.05) is 25.1 Å². The summed E-state index contributed by atoms with van der Waals surface area (Å²) in [4.78, 5) is 13.1. The van der Waals surface area contributed by atoms with Gasteiger partial charge in [0.05, 0.1) is 16.6 Å². The quantitative estimate of drug-likeness (QED) is 0.427. The molecule has 0 saturated carbocycles. The lowest BCUT2D eigenvalue weighted by atomic mass is 10.1. The second-order valence-corrected chi connectivity index (χ2v) is 10.6. The van der Waals surface area contributed by atoms with Crippen LogP contribution in [0.25, 0.3) is 0 Å². The molecule has 1 aliphatic heterocycles. The van der Waals surface area contributed by atoms with Crippen molar-refractivity contribution in [2.75, 3.05) is 24.1 Å². The van der Waals surface area contributed by atoms with E-state index >= 15 is 0 Å². The lowest BCUT2D eigenvalue weighted by molar-refractivity contribution is -0.120. The number of sulfonamides is 1. The summed E-state index contributed by atoms with van der Waals surface area (Å²) in [5.41, 5.74) is 1.25. The van der Waals surface area contributed by atoms with Gasteiger partial charge in [0, 0.05) is 3.57 Å². The van der Waals surface area contributed by atoms with Crippen molar-refractivity contribution in [3.05, 3.63) is 81.9 Å². The van der Waals surface area contributed by atoms with Crippen LogP contribution in [0.15, 0.2) is 77.7 Å². The molecule has 0 aliphatic carbocycles. The number of hydrogen-bond acceptors (Lipinski definition) is 5. The van der Waals surface area contributed by atoms with E-state index < -0.39 is 15.9 Å². The van der Waals surface area contributed by atoms with Crippen LogP contribution in [0.4, 0.5) is 5.69 Å². The molecule has 0 saturated heterocycles. The molecule has 0 unspecified atom stereocenters. The van der Waals surface area contributed by atoms with E-state index in [2.05, 4.69) is 27.9 Å². The fourth-order valence-electron chi connectivity index (χ4n) is 3.47. The lowest BCUT2D eigenvalue weighted by Crippen LogP contribution is -2.41. The molecule has 0 spiro atoms. The second-order valence-electron chi connectivity index (χ2n) is 7.49. The van der Waals surface area contributed by atoms with Gasteiger partial charge >= 0.3 is 0 Å². The summed E-state index contributed by atoms with van der Waals surface area (Å²) in [6.07, 6.45) is 0. The summed E-state index contributed by atoms with van der Waals surface area (Å²) in [7, 11) is -3.94. The van der Waals surface area contributed by atoms with Crippen molar-refractivity contribution in [2.24, 2.45) is 0 Å². The SMILES string of the molecule is C[C@H](NC(=O)CN(c1ccc(I)cc1)S(=O)(=O)c1ccccc1)c1ccc2c(c1)OCCO2. The number of carbonyl (C=O) groups is 1. The third-order valence-corrected chi connectivity index (χ3v) is 7.68. The first-order valence-corrected chi connectivity index (χ1v) is 12.9. The Morgan fingerprint density at radius 2 is 1.67 bits per heavy atom. The highest BCUT2D eigenvalue weighted by Crippen LogP contribution is 2.32. The van der Waals surface area contributed by atoms with Gasteiger partial charge in [-0.15, -0.1) is 0 Å². The minimum atomic E-state index is -3.94. The van der Waals surface area contributed by atoms with Gasteiger partial charge in [-0.1, -0.05) is 24.3 Å². The maximum absolute atomic E-state index is 13.4. The van der Waals surface area contributed by atoms with Gasteiger partial charge in [0.25, 0.3) is 10.0 Å². The molecule has 33 heavy (non-hydrogen) atoms. The van der Waals surface area contributed by atoms with E-state index in [4.69, 9.17) is 9.47 Å². The third-order valence-electron chi connectivity index (χ3n) is 5.18. The predicted octanol–water partition coefficient (Wildman–Crippen LogP) is 4.14. The highest BCUT2D eigenvalue weighted by molar-refractivity contribution is 14.1. The van der Waals surface area contributed by atoms with E-state index in [1.165, 1.54) is 12.1 Å². The molecule has 172 valence electrons. The number of rotatable bonds is 7. The molecule has 3 aromatic rings. The van der Waals surface area contributed by atoms with Crippen molar-refractivity contribution in [1.29, 1.82) is 0 Å². The molecule has 1 amide bonds. The Bertz CT molecular complexity index is 1230. The van der Waals surface area contributed by atoms with Crippen molar-refractivity contribution in [1.82, 2.24) is 5.32 Å². The average molecular weight is 578 g/mol. The Kier molecular flexibility index (Phi) is 7.08. The predicted molar refractivity (Wildman–Crippen MR) is 134 cm³/mol. The Morgan fingerprint density at radius 3 is 2.36 bits per heavy atom. The molecule has 4 rings (SSSR count). The Morgan fingerprint density at radius 1 is 1.00 bits per heavy atom. The number of fused-ring (bicyclic) bond motifs is 1. The average Bonchev–Trinajstić information content (AvgIpc) is 2.83. The zero-order chi connectivity index (χ0) is 23.4. The number of ether oxygens (including phenoxy) is 2. The van der Waals surface area contributed by atoms with Crippen LogP contribution < -0.4 is 19.1 Å². The van der Waals surface area contributed by atoms with Gasteiger partial charge in [-0.3, -0.25) is 9.10 Å². The van der Waals surface area contributed by atoms with Crippen molar-refractivity contribution in [3.63, 3.8) is 0 Å². The highest BCUT2D eigenvalue weighted by atomic mass is 127. The Balaban J connectivity index is 1.56. The molecule has 0 fully saturated rings. The molecular formula is C24H23IN2O5S. The first kappa shape index (κ1) is 23.4. The number of amides is 1. The summed E-state index contributed by atoms with van der Waals surface area (Å²) < 4.78 is 40.0. The van der Waals surface area contributed by atoms with E-state index in [0.29, 0.717) is 30.4 Å². The molecule has 1 N–H and O–H groups in total. The molecule has 1 aliphatic rings. The monoisotopic (exact) mass is 578 g/mol. The van der Waals surface area contributed by atoms with Gasteiger partial charge in [0.2, 0.25) is 5.91 Å². The van der Waals surface area contributed by atoms with Crippen LogP contribution in [0.5, 0.6) is 11.5 Å². The number of halogens is 1. The largest absolute Gasteiger partial charge is 0.486 e. The summed E-state index contributed by atoms with van der Waals surface area (Å²) in [5, 5.41) is 2.90. The van der Waals surface area contributed by atoms with Gasteiger partial charge in [0.15, 0.2) is 11.5 Å². The normalized spacial score (nSPS) is 13.8. The van der Waals surface area contributed by atoms with Crippen molar-refractivity contribution < 1.29 is 22.7 Å². The summed E-state index contributed by atoms with van der Waals surface area (Å²) >= 11 is 2.15. The van der Waals surface area contributed by atoms with E-state index in [9.17, 15) is 13.2 Å². The maximum atomic E-state index is 13.4. The lowest BCUT2D eigenvalue weighted by Gasteiger charge is -2.25. The molecule has 7 nitrogen and oxygen atoms in total. The summed E-state index contributed by atoms with van der Waals surface area (Å²) in [6.45, 7) is 2.46. The van der Waals surface area contributed by atoms with Gasteiger partial charge in [-0.05, 0) is 83.6 Å². The first-order valence-electron chi connectivity index (χ1n) is 10.4. The molecule has 0 bridgehead atoms. The molecule has 0 aromatic heterocycles. The molecule has 9 heteroatoms. The van der Waals surface area contributed by atoms with Gasteiger partial charge in [-0.25, -0.2) is 8.42 Å². The topological polar surface area (TPSA) is 84.9 Å². The minimum absolute atomic E-state index is 0.122. The van der Waals surface area contributed by atoms with Gasteiger partial charge in [0.1, 0.15) is 19.8 Å². The van der Waals surface area contributed by atoms with Gasteiger partial charge in [-0.2, -0.15) is 0 Å². The summed E-state index contributed by atoms with van der Waals surface area (Å²) in [6, 6.07) is 20.2. The van der Waals surface area contributed by atoms with E-state index in [1.54, 1.807) is 42.5 Å². The van der Waals surface area contributed by atoms with Crippen LogP contribution in [-0.4, -0.2) is 34.1 Å². The van der Waals surface area contributed by atoms with Crippen LogP contribution >= 0.6 is 22.6 Å². The van der Waals surface area contributed by atoms with Crippen molar-refractivity contribution in [3.8, 4) is 11.5 Å². The van der Waals surface area contributed by atoms with Crippen LogP contribution in [0, 0.1) is 3.57 Å². The van der Waals surface area contributed by atoms with Crippen LogP contribution in [0.3, 0.4) is 0 Å². The number of hydrogen-bond donors (Lipinski definition) is 1. The number of benzene rings is 3. The minimum Gasteiger partial charge on any atom is -0.486 e. The summed E-state index contributed by atoms with van der Waals surface area (Å²) in [5.74, 6) is 0.879. The number of nitrogens with zero attached hydrogens (tertiary/aromatic N) is 1. The smallest absolute Gasteiger partial charge is 0.264 e. The number of anilines is 1. The number of carbonyl (C=O) groups excluding carboxylic acids is 1. The van der Waals surface area contributed by atoms with Crippen LogP contribution in [0.1, 0.15) is 18.5 Å². The standard InChI is InChI=1S/C24H23IN2O5S/c1-17(18-7-12-22-23(15-18)32-14-13-31-22)26-24(28)16-27(20-10-8-19(25)9-11-20)33(29,30)21-5-3-2-4-6-21/h2-12,15,17H,13-14,16H2,1H3,(H,26,28)/t17-/m0/s1. The zero-order valence-electron chi connectivity index (χ0n) is 17.9. The molecule has 0 radical (unpaired) electrons. The van der Waals surface area contributed by atoms with Crippen molar-refractivity contribution >= 4 is 44.2 Å². The number of nitrogens with one attached hydrogen (secondary N) is 1. The third kappa shape index (κ3) is 5.41. The Hall–Kier alpha value is -2.79. The van der Waals surface area contributed by atoms with Crippen molar-refractivity contribution in [2.45, 2.75) is 17.9 Å².